The number of thiazole rings is 1. The molecule has 0 fully saturated rings. The van der Waals surface area contributed by atoms with Gasteiger partial charge < -0.3 is 5.73 Å². The summed E-state index contributed by atoms with van der Waals surface area (Å²) in [6.45, 7) is 6.55. The van der Waals surface area contributed by atoms with E-state index in [0.717, 1.165) is 24.5 Å². The van der Waals surface area contributed by atoms with E-state index in [1.807, 2.05) is 6.92 Å². The van der Waals surface area contributed by atoms with Crippen molar-refractivity contribution in [2.24, 2.45) is 11.7 Å². The van der Waals surface area contributed by atoms with Gasteiger partial charge in [0.25, 0.3) is 0 Å². The molecule has 0 aliphatic rings. The summed E-state index contributed by atoms with van der Waals surface area (Å²) in [5.41, 5.74) is 7.23. The van der Waals surface area contributed by atoms with Crippen molar-refractivity contribution in [2.75, 3.05) is 0 Å². The Balaban J connectivity index is 2.32. The van der Waals surface area contributed by atoms with Crippen molar-refractivity contribution >= 4 is 11.3 Å². The summed E-state index contributed by atoms with van der Waals surface area (Å²) in [6.07, 6.45) is 4.59. The lowest BCUT2D eigenvalue weighted by Crippen LogP contribution is -2.25. The minimum absolute atomic E-state index is 0.275. The third kappa shape index (κ3) is 4.76. The Bertz CT molecular complexity index is 283. The fraction of sp³-hybridized carbons (Fsp3) is 0.750. The number of nitrogens with two attached hydrogens (primary N) is 1. The monoisotopic (exact) mass is 226 g/mol. The van der Waals surface area contributed by atoms with Crippen molar-refractivity contribution < 1.29 is 0 Å². The van der Waals surface area contributed by atoms with Gasteiger partial charge in [0.2, 0.25) is 0 Å². The van der Waals surface area contributed by atoms with Crippen molar-refractivity contribution in [1.82, 2.24) is 4.98 Å². The molecule has 0 aromatic carbocycles. The average Bonchev–Trinajstić information content (AvgIpc) is 2.51. The largest absolute Gasteiger partial charge is 0.327 e. The van der Waals surface area contributed by atoms with Gasteiger partial charge in [-0.05, 0) is 19.3 Å². The third-order valence-corrected chi connectivity index (χ3v) is 3.58. The van der Waals surface area contributed by atoms with E-state index in [4.69, 9.17) is 5.73 Å². The Kier molecular flexibility index (Phi) is 5.26. The number of aromatic nitrogens is 1. The highest BCUT2D eigenvalue weighted by atomic mass is 32.1. The second-order valence-corrected chi connectivity index (χ2v) is 5.42. The number of aryl methyl sites for hydroxylation is 1. The van der Waals surface area contributed by atoms with Crippen LogP contribution in [0.5, 0.6) is 0 Å². The summed E-state index contributed by atoms with van der Waals surface area (Å²) in [7, 11) is 0. The highest BCUT2D eigenvalue weighted by Gasteiger charge is 2.10. The molecule has 86 valence electrons. The van der Waals surface area contributed by atoms with E-state index in [0.29, 0.717) is 0 Å². The first-order chi connectivity index (χ1) is 7.11. The molecule has 1 heterocycles. The molecule has 2 N–H and O–H groups in total. The Morgan fingerprint density at radius 1 is 1.53 bits per heavy atom. The highest BCUT2D eigenvalue weighted by molar-refractivity contribution is 7.09. The Morgan fingerprint density at radius 2 is 2.27 bits per heavy atom. The zero-order chi connectivity index (χ0) is 11.3. The van der Waals surface area contributed by atoms with Gasteiger partial charge in [-0.15, -0.1) is 11.3 Å². The fourth-order valence-corrected chi connectivity index (χ4v) is 2.80. The van der Waals surface area contributed by atoms with E-state index in [1.165, 1.54) is 17.8 Å². The zero-order valence-corrected chi connectivity index (χ0v) is 10.8. The van der Waals surface area contributed by atoms with Crippen LogP contribution in [0.4, 0.5) is 0 Å². The van der Waals surface area contributed by atoms with Crippen LogP contribution in [0.15, 0.2) is 5.38 Å². The molecule has 15 heavy (non-hydrogen) atoms. The summed E-state index contributed by atoms with van der Waals surface area (Å²) in [5.74, 6) is 0.742. The molecule has 0 radical (unpaired) electrons. The van der Waals surface area contributed by atoms with Gasteiger partial charge in [0.1, 0.15) is 0 Å². The van der Waals surface area contributed by atoms with Crippen LogP contribution in [0.1, 0.15) is 43.8 Å². The van der Waals surface area contributed by atoms with Crippen LogP contribution in [0, 0.1) is 12.8 Å². The third-order valence-electron chi connectivity index (χ3n) is 2.59. The minimum atomic E-state index is 0.275. The molecule has 0 aliphatic heterocycles. The topological polar surface area (TPSA) is 38.9 Å². The van der Waals surface area contributed by atoms with Gasteiger partial charge in [0, 0.05) is 23.5 Å². The summed E-state index contributed by atoms with van der Waals surface area (Å²) >= 11 is 1.73. The van der Waals surface area contributed by atoms with Crippen LogP contribution in [-0.2, 0) is 6.42 Å². The van der Waals surface area contributed by atoms with Gasteiger partial charge >= 0.3 is 0 Å². The molecule has 2 atom stereocenters. The molecular formula is C12H22N2S. The van der Waals surface area contributed by atoms with Crippen LogP contribution in [0.3, 0.4) is 0 Å². The van der Waals surface area contributed by atoms with Crippen molar-refractivity contribution in [1.29, 1.82) is 0 Å². The van der Waals surface area contributed by atoms with Crippen molar-refractivity contribution in [3.63, 3.8) is 0 Å². The highest BCUT2D eigenvalue weighted by Crippen LogP contribution is 2.16. The van der Waals surface area contributed by atoms with Crippen LogP contribution >= 0.6 is 11.3 Å². The van der Waals surface area contributed by atoms with E-state index in [1.54, 1.807) is 11.3 Å². The van der Waals surface area contributed by atoms with Gasteiger partial charge in [0.05, 0.1) is 5.01 Å². The minimum Gasteiger partial charge on any atom is -0.327 e. The first kappa shape index (κ1) is 12.7. The molecule has 1 aromatic rings. The molecule has 0 amide bonds. The molecular weight excluding hydrogens is 204 g/mol. The van der Waals surface area contributed by atoms with Crippen LogP contribution < -0.4 is 5.73 Å². The van der Waals surface area contributed by atoms with E-state index < -0.39 is 0 Å². The first-order valence-corrected chi connectivity index (χ1v) is 6.66. The molecule has 0 saturated carbocycles. The zero-order valence-electron chi connectivity index (χ0n) is 9.99. The SMILES string of the molecule is CCCC(C)CC(N)Cc1nc(C)cs1. The first-order valence-electron chi connectivity index (χ1n) is 5.78. The molecule has 2 nitrogen and oxygen atoms in total. The predicted octanol–water partition coefficient (Wildman–Crippen LogP) is 3.15. The standard InChI is InChI=1S/C12H22N2S/c1-4-5-9(2)6-11(13)7-12-14-10(3)8-15-12/h8-9,11H,4-7,13H2,1-3H3. The molecule has 0 aliphatic carbocycles. The van der Waals surface area contributed by atoms with E-state index in [2.05, 4.69) is 24.2 Å². The number of rotatable bonds is 6. The van der Waals surface area contributed by atoms with E-state index in [9.17, 15) is 0 Å². The Hall–Kier alpha value is -0.410. The van der Waals surface area contributed by atoms with E-state index >= 15 is 0 Å². The average molecular weight is 226 g/mol. The van der Waals surface area contributed by atoms with Crippen LogP contribution in [-0.4, -0.2) is 11.0 Å². The van der Waals surface area contributed by atoms with Crippen LogP contribution in [0.2, 0.25) is 0 Å². The fourth-order valence-electron chi connectivity index (χ4n) is 1.93. The lowest BCUT2D eigenvalue weighted by atomic mass is 9.96. The van der Waals surface area contributed by atoms with E-state index in [-0.39, 0.29) is 6.04 Å². The maximum absolute atomic E-state index is 6.11. The van der Waals surface area contributed by atoms with Crippen LogP contribution in [0.25, 0.3) is 0 Å². The van der Waals surface area contributed by atoms with Gasteiger partial charge in [-0.25, -0.2) is 4.98 Å². The van der Waals surface area contributed by atoms with Gasteiger partial charge in [-0.1, -0.05) is 26.7 Å². The lowest BCUT2D eigenvalue weighted by molar-refractivity contribution is 0.431. The molecule has 2 unspecified atom stereocenters. The van der Waals surface area contributed by atoms with Crippen molar-refractivity contribution in [2.45, 2.75) is 52.5 Å². The smallest absolute Gasteiger partial charge is 0.0943 e. The molecule has 0 bridgehead atoms. The summed E-state index contributed by atoms with van der Waals surface area (Å²) in [6, 6.07) is 0.275. The number of hydrogen-bond acceptors (Lipinski definition) is 3. The van der Waals surface area contributed by atoms with Gasteiger partial charge in [-0.2, -0.15) is 0 Å². The normalized spacial score (nSPS) is 15.2. The summed E-state index contributed by atoms with van der Waals surface area (Å²) in [5, 5.41) is 3.28. The lowest BCUT2D eigenvalue weighted by Gasteiger charge is -2.15. The van der Waals surface area contributed by atoms with Gasteiger partial charge in [0.15, 0.2) is 0 Å². The Morgan fingerprint density at radius 3 is 2.80 bits per heavy atom. The summed E-state index contributed by atoms with van der Waals surface area (Å²) in [4.78, 5) is 4.44. The maximum atomic E-state index is 6.11. The Labute approximate surface area is 96.9 Å². The van der Waals surface area contributed by atoms with Crippen molar-refractivity contribution in [3.8, 4) is 0 Å². The predicted molar refractivity (Wildman–Crippen MR) is 67.2 cm³/mol. The molecule has 1 rings (SSSR count). The van der Waals surface area contributed by atoms with Gasteiger partial charge in [-0.3, -0.25) is 0 Å². The second-order valence-electron chi connectivity index (χ2n) is 4.48. The number of hydrogen-bond donors (Lipinski definition) is 1. The number of nitrogens with zero attached hydrogens (tertiary/aromatic N) is 1. The van der Waals surface area contributed by atoms with Crippen molar-refractivity contribution in [3.05, 3.63) is 16.1 Å². The second kappa shape index (κ2) is 6.23. The molecule has 1 aromatic heterocycles. The maximum Gasteiger partial charge on any atom is 0.0943 e. The molecule has 0 saturated heterocycles. The summed E-state index contributed by atoms with van der Waals surface area (Å²) < 4.78 is 0. The quantitative estimate of drug-likeness (QED) is 0.809. The molecule has 0 spiro atoms. The molecule has 3 heteroatoms.